The third-order valence-electron chi connectivity index (χ3n) is 7.42. The molecular formula is C19H32N2O. The zero-order valence-electron chi connectivity index (χ0n) is 14.0. The molecule has 4 heterocycles. The van der Waals surface area contributed by atoms with E-state index in [1.807, 2.05) is 0 Å². The van der Waals surface area contributed by atoms with E-state index in [9.17, 15) is 4.79 Å². The third kappa shape index (κ3) is 2.99. The number of fused-ring (bicyclic) bond motifs is 3. The van der Waals surface area contributed by atoms with Crippen molar-refractivity contribution in [2.75, 3.05) is 32.7 Å². The number of nitrogens with zero attached hydrogens (tertiary/aromatic N) is 1. The van der Waals surface area contributed by atoms with E-state index >= 15 is 0 Å². The highest BCUT2D eigenvalue weighted by molar-refractivity contribution is 5.81. The van der Waals surface area contributed by atoms with Crippen LogP contribution in [0.1, 0.15) is 57.8 Å². The summed E-state index contributed by atoms with van der Waals surface area (Å²) in [6, 6.07) is 0. The van der Waals surface area contributed by atoms with Crippen LogP contribution in [0.5, 0.6) is 0 Å². The van der Waals surface area contributed by atoms with Crippen molar-refractivity contribution in [3.05, 3.63) is 0 Å². The minimum absolute atomic E-state index is 0.399. The molecule has 22 heavy (non-hydrogen) atoms. The van der Waals surface area contributed by atoms with Crippen molar-refractivity contribution in [1.29, 1.82) is 0 Å². The Kier molecular flexibility index (Phi) is 4.29. The molecule has 3 heteroatoms. The predicted molar refractivity (Wildman–Crippen MR) is 88.8 cm³/mol. The Bertz CT molecular complexity index is 398. The molecule has 0 aromatic rings. The van der Waals surface area contributed by atoms with Crippen molar-refractivity contribution in [2.45, 2.75) is 57.8 Å². The summed E-state index contributed by atoms with van der Waals surface area (Å²) in [4.78, 5) is 15.4. The van der Waals surface area contributed by atoms with Gasteiger partial charge < -0.3 is 10.2 Å². The van der Waals surface area contributed by atoms with Gasteiger partial charge in [0.2, 0.25) is 0 Å². The predicted octanol–water partition coefficient (Wildman–Crippen LogP) is 2.85. The van der Waals surface area contributed by atoms with E-state index in [0.717, 1.165) is 12.3 Å². The van der Waals surface area contributed by atoms with E-state index in [0.29, 0.717) is 23.0 Å². The molecular weight excluding hydrogens is 272 g/mol. The summed E-state index contributed by atoms with van der Waals surface area (Å²) in [5.74, 6) is 2.55. The smallest absolute Gasteiger partial charge is 0.136 e. The maximum absolute atomic E-state index is 12.8. The molecule has 5 fully saturated rings. The molecule has 3 nitrogen and oxygen atoms in total. The van der Waals surface area contributed by atoms with Gasteiger partial charge in [-0.05, 0) is 94.8 Å². The molecule has 4 aliphatic heterocycles. The molecule has 1 aliphatic carbocycles. The van der Waals surface area contributed by atoms with Gasteiger partial charge in [-0.3, -0.25) is 4.79 Å². The van der Waals surface area contributed by atoms with Gasteiger partial charge in [0.15, 0.2) is 0 Å². The number of piperidine rings is 4. The van der Waals surface area contributed by atoms with Crippen LogP contribution < -0.4 is 5.32 Å². The van der Waals surface area contributed by atoms with Gasteiger partial charge in [0.25, 0.3) is 0 Å². The first-order valence-electron chi connectivity index (χ1n) is 9.70. The SMILES string of the molecule is O=C(CC1CN2CCC1CC2)C1CCC2(CCNCC2)CC1. The van der Waals surface area contributed by atoms with E-state index in [2.05, 4.69) is 10.2 Å². The van der Waals surface area contributed by atoms with Crippen LogP contribution in [0.25, 0.3) is 0 Å². The summed E-state index contributed by atoms with van der Waals surface area (Å²) in [7, 11) is 0. The van der Waals surface area contributed by atoms with Crippen LogP contribution in [0, 0.1) is 23.2 Å². The van der Waals surface area contributed by atoms with Crippen molar-refractivity contribution in [3.63, 3.8) is 0 Å². The number of Topliss-reactive ketones (excluding diaryl/α,β-unsaturated/α-hetero) is 1. The Hall–Kier alpha value is -0.410. The molecule has 0 radical (unpaired) electrons. The fourth-order valence-electron chi connectivity index (χ4n) is 5.75. The highest BCUT2D eigenvalue weighted by atomic mass is 16.1. The maximum atomic E-state index is 12.8. The molecule has 5 rings (SSSR count). The summed E-state index contributed by atoms with van der Waals surface area (Å²) in [6.45, 7) is 6.17. The standard InChI is InChI=1S/C19H32N2O/c22-18(13-17-14-21-11-3-15(17)4-12-21)16-1-5-19(6-2-16)7-9-20-10-8-19/h15-17,20H,1-14H2. The van der Waals surface area contributed by atoms with E-state index < -0.39 is 0 Å². The molecule has 0 aromatic heterocycles. The molecule has 4 saturated heterocycles. The van der Waals surface area contributed by atoms with Crippen LogP contribution in [0.2, 0.25) is 0 Å². The fraction of sp³-hybridized carbons (Fsp3) is 0.947. The highest BCUT2D eigenvalue weighted by Crippen LogP contribution is 2.46. The van der Waals surface area contributed by atoms with Gasteiger partial charge in [0, 0.05) is 18.9 Å². The third-order valence-corrected chi connectivity index (χ3v) is 7.42. The van der Waals surface area contributed by atoms with E-state index in [1.54, 1.807) is 0 Å². The molecule has 0 aromatic carbocycles. The highest BCUT2D eigenvalue weighted by Gasteiger charge is 2.40. The number of carbonyl (C=O) groups is 1. The first-order chi connectivity index (χ1) is 10.7. The molecule has 1 saturated carbocycles. The lowest BCUT2D eigenvalue weighted by Gasteiger charge is -2.46. The van der Waals surface area contributed by atoms with Crippen LogP contribution in [-0.2, 0) is 4.79 Å². The zero-order chi connectivity index (χ0) is 15.0. The number of carbonyl (C=O) groups excluding carboxylic acids is 1. The van der Waals surface area contributed by atoms with Gasteiger partial charge >= 0.3 is 0 Å². The number of hydrogen-bond acceptors (Lipinski definition) is 3. The van der Waals surface area contributed by atoms with Crippen LogP contribution in [0.3, 0.4) is 0 Å². The van der Waals surface area contributed by atoms with Gasteiger partial charge in [0.05, 0.1) is 0 Å². The largest absolute Gasteiger partial charge is 0.317 e. The first-order valence-corrected chi connectivity index (χ1v) is 9.70. The molecule has 0 amide bonds. The Balaban J connectivity index is 1.29. The Labute approximate surface area is 135 Å². The number of rotatable bonds is 3. The van der Waals surface area contributed by atoms with Crippen molar-refractivity contribution >= 4 is 5.78 Å². The number of ketones is 1. The molecule has 1 N–H and O–H groups in total. The molecule has 1 unspecified atom stereocenters. The average Bonchev–Trinajstić information content (AvgIpc) is 2.57. The Morgan fingerprint density at radius 1 is 1.00 bits per heavy atom. The molecule has 1 atom stereocenters. The van der Waals surface area contributed by atoms with Gasteiger partial charge in [-0.15, -0.1) is 0 Å². The maximum Gasteiger partial charge on any atom is 0.136 e. The lowest BCUT2D eigenvalue weighted by Crippen LogP contribution is -2.48. The Morgan fingerprint density at radius 3 is 2.27 bits per heavy atom. The summed E-state index contributed by atoms with van der Waals surface area (Å²) in [5.41, 5.74) is 0.595. The van der Waals surface area contributed by atoms with E-state index in [1.165, 1.54) is 84.1 Å². The zero-order valence-corrected chi connectivity index (χ0v) is 14.0. The van der Waals surface area contributed by atoms with Gasteiger partial charge in [0.1, 0.15) is 5.78 Å². The van der Waals surface area contributed by atoms with Crippen LogP contribution in [-0.4, -0.2) is 43.4 Å². The van der Waals surface area contributed by atoms with Gasteiger partial charge in [-0.2, -0.15) is 0 Å². The molecule has 2 bridgehead atoms. The minimum atomic E-state index is 0.399. The second-order valence-electron chi connectivity index (χ2n) is 8.59. The second-order valence-corrected chi connectivity index (χ2v) is 8.59. The van der Waals surface area contributed by atoms with E-state index in [4.69, 9.17) is 0 Å². The van der Waals surface area contributed by atoms with Gasteiger partial charge in [-0.25, -0.2) is 0 Å². The lowest BCUT2D eigenvalue weighted by atomic mass is 9.64. The van der Waals surface area contributed by atoms with Crippen molar-refractivity contribution in [1.82, 2.24) is 10.2 Å². The minimum Gasteiger partial charge on any atom is -0.317 e. The fourth-order valence-corrected chi connectivity index (χ4v) is 5.75. The Morgan fingerprint density at radius 2 is 1.68 bits per heavy atom. The summed E-state index contributed by atoms with van der Waals surface area (Å²) in [5, 5.41) is 3.49. The normalized spacial score (nSPS) is 38.3. The lowest BCUT2D eigenvalue weighted by molar-refractivity contribution is -0.127. The summed E-state index contributed by atoms with van der Waals surface area (Å²) < 4.78 is 0. The second kappa shape index (κ2) is 6.24. The quantitative estimate of drug-likeness (QED) is 0.870. The van der Waals surface area contributed by atoms with Gasteiger partial charge in [-0.1, -0.05) is 0 Å². The summed E-state index contributed by atoms with van der Waals surface area (Å²) in [6.07, 6.45) is 11.2. The first kappa shape index (κ1) is 15.1. The van der Waals surface area contributed by atoms with Crippen LogP contribution >= 0.6 is 0 Å². The van der Waals surface area contributed by atoms with Crippen molar-refractivity contribution < 1.29 is 4.79 Å². The van der Waals surface area contributed by atoms with Crippen molar-refractivity contribution in [3.8, 4) is 0 Å². The summed E-state index contributed by atoms with van der Waals surface area (Å²) >= 11 is 0. The number of nitrogens with one attached hydrogen (secondary N) is 1. The number of hydrogen-bond donors (Lipinski definition) is 1. The van der Waals surface area contributed by atoms with Crippen LogP contribution in [0.4, 0.5) is 0 Å². The van der Waals surface area contributed by atoms with Crippen molar-refractivity contribution in [2.24, 2.45) is 23.2 Å². The average molecular weight is 304 g/mol. The molecule has 124 valence electrons. The van der Waals surface area contributed by atoms with E-state index in [-0.39, 0.29) is 0 Å². The monoisotopic (exact) mass is 304 g/mol. The topological polar surface area (TPSA) is 32.3 Å². The molecule has 1 spiro atoms. The van der Waals surface area contributed by atoms with Crippen LogP contribution in [0.15, 0.2) is 0 Å². The molecule has 5 aliphatic rings.